The Morgan fingerprint density at radius 3 is 2.57 bits per heavy atom. The van der Waals surface area contributed by atoms with E-state index < -0.39 is 0 Å². The lowest BCUT2D eigenvalue weighted by Gasteiger charge is -2.06. The molecule has 23 heavy (non-hydrogen) atoms. The Morgan fingerprint density at radius 2 is 1.96 bits per heavy atom. The second-order valence-electron chi connectivity index (χ2n) is 4.39. The Labute approximate surface area is 152 Å². The van der Waals surface area contributed by atoms with Gasteiger partial charge in [0.1, 0.15) is 6.33 Å². The van der Waals surface area contributed by atoms with Gasteiger partial charge in [0.2, 0.25) is 0 Å². The number of rotatable bonds is 8. The van der Waals surface area contributed by atoms with Gasteiger partial charge in [-0.1, -0.05) is 30.8 Å². The Balaban J connectivity index is 0.00000242. The summed E-state index contributed by atoms with van der Waals surface area (Å²) in [7, 11) is 0. The molecular formula is C14H21Cl2N5OS. The van der Waals surface area contributed by atoms with Crippen molar-refractivity contribution in [2.75, 3.05) is 19.6 Å². The monoisotopic (exact) mass is 377 g/mol. The fraction of sp³-hybridized carbons (Fsp3) is 0.357. The van der Waals surface area contributed by atoms with E-state index >= 15 is 0 Å². The van der Waals surface area contributed by atoms with Crippen molar-refractivity contribution in [3.05, 3.63) is 41.7 Å². The third-order valence-corrected chi connectivity index (χ3v) is 3.77. The highest BCUT2D eigenvalue weighted by Crippen LogP contribution is 2.18. The molecule has 1 heterocycles. The molecule has 0 bridgehead atoms. The summed E-state index contributed by atoms with van der Waals surface area (Å²) in [5, 5.41) is 13.4. The van der Waals surface area contributed by atoms with Gasteiger partial charge >= 0.3 is 0 Å². The maximum absolute atomic E-state index is 11.9. The summed E-state index contributed by atoms with van der Waals surface area (Å²) in [6.07, 6.45) is 1.49. The highest BCUT2D eigenvalue weighted by atomic mass is 35.5. The van der Waals surface area contributed by atoms with Gasteiger partial charge in [-0.2, -0.15) is 5.10 Å². The van der Waals surface area contributed by atoms with Crippen molar-refractivity contribution >= 4 is 42.5 Å². The van der Waals surface area contributed by atoms with E-state index in [0.29, 0.717) is 12.1 Å². The lowest BCUT2D eigenvalue weighted by molar-refractivity contribution is 0.0954. The third kappa shape index (κ3) is 7.69. The number of likely N-dealkylation sites (N-methyl/N-ethyl adjacent to an activating group) is 1. The number of aromatic nitrogens is 3. The first-order chi connectivity index (χ1) is 10.3. The minimum Gasteiger partial charge on any atom is -0.351 e. The van der Waals surface area contributed by atoms with Crippen molar-refractivity contribution in [3.63, 3.8) is 0 Å². The standard InChI is InChI=1S/C14H19N5OS.2ClH/c1-2-15-7-8-16-13(20)12-5-3-11(4-6-12)9-21-14-17-10-18-19-14;;/h3-6,10,15H,2,7-9H2,1H3,(H,16,20)(H,17,18,19);2*1H. The van der Waals surface area contributed by atoms with E-state index in [1.807, 2.05) is 31.2 Å². The summed E-state index contributed by atoms with van der Waals surface area (Å²) < 4.78 is 0. The Hall–Kier alpha value is -1.28. The first-order valence-electron chi connectivity index (χ1n) is 6.85. The fourth-order valence-electron chi connectivity index (χ4n) is 1.71. The Kier molecular flexibility index (Phi) is 11.5. The summed E-state index contributed by atoms with van der Waals surface area (Å²) in [6.45, 7) is 4.37. The van der Waals surface area contributed by atoms with Crippen molar-refractivity contribution in [2.45, 2.75) is 17.8 Å². The lowest BCUT2D eigenvalue weighted by Crippen LogP contribution is -2.31. The minimum atomic E-state index is -0.0395. The zero-order chi connectivity index (χ0) is 14.9. The summed E-state index contributed by atoms with van der Waals surface area (Å²) in [6, 6.07) is 7.61. The quantitative estimate of drug-likeness (QED) is 0.485. The predicted octanol–water partition coefficient (Wildman–Crippen LogP) is 2.28. The predicted molar refractivity (Wildman–Crippen MR) is 97.8 cm³/mol. The van der Waals surface area contributed by atoms with Crippen LogP contribution in [0.2, 0.25) is 0 Å². The molecule has 6 nitrogen and oxygen atoms in total. The maximum Gasteiger partial charge on any atom is 0.251 e. The summed E-state index contributed by atoms with van der Waals surface area (Å²) >= 11 is 1.58. The van der Waals surface area contributed by atoms with Gasteiger partial charge in [0, 0.05) is 24.4 Å². The van der Waals surface area contributed by atoms with Crippen molar-refractivity contribution < 1.29 is 4.79 Å². The molecule has 0 fully saturated rings. The molecule has 2 aromatic rings. The summed E-state index contributed by atoms with van der Waals surface area (Å²) in [5.41, 5.74) is 1.82. The van der Waals surface area contributed by atoms with E-state index in [2.05, 4.69) is 25.8 Å². The zero-order valence-corrected chi connectivity index (χ0v) is 15.2. The molecule has 0 aliphatic rings. The van der Waals surface area contributed by atoms with Crippen LogP contribution < -0.4 is 10.6 Å². The van der Waals surface area contributed by atoms with Crippen molar-refractivity contribution in [3.8, 4) is 0 Å². The van der Waals surface area contributed by atoms with Crippen LogP contribution in [-0.4, -0.2) is 40.7 Å². The van der Waals surface area contributed by atoms with Crippen LogP contribution in [0.1, 0.15) is 22.8 Å². The Morgan fingerprint density at radius 1 is 1.22 bits per heavy atom. The van der Waals surface area contributed by atoms with Crippen LogP contribution in [0.5, 0.6) is 0 Å². The van der Waals surface area contributed by atoms with E-state index in [9.17, 15) is 4.79 Å². The van der Waals surface area contributed by atoms with Gasteiger partial charge in [0.25, 0.3) is 5.91 Å². The molecule has 0 spiro atoms. The van der Waals surface area contributed by atoms with Crippen molar-refractivity contribution in [1.82, 2.24) is 25.8 Å². The molecule has 1 aromatic heterocycles. The van der Waals surface area contributed by atoms with Crippen LogP contribution in [-0.2, 0) is 5.75 Å². The number of thioether (sulfide) groups is 1. The SMILES string of the molecule is CCNCCNC(=O)c1ccc(CSc2ncn[nH]2)cc1.Cl.Cl. The zero-order valence-electron chi connectivity index (χ0n) is 12.7. The minimum absolute atomic E-state index is 0. The number of nitrogens with zero attached hydrogens (tertiary/aromatic N) is 2. The molecule has 0 saturated heterocycles. The van der Waals surface area contributed by atoms with Crippen molar-refractivity contribution in [1.29, 1.82) is 0 Å². The van der Waals surface area contributed by atoms with Gasteiger partial charge in [-0.15, -0.1) is 24.8 Å². The van der Waals surface area contributed by atoms with Crippen LogP contribution in [0.15, 0.2) is 35.7 Å². The third-order valence-electron chi connectivity index (χ3n) is 2.82. The molecule has 128 valence electrons. The molecular weight excluding hydrogens is 357 g/mol. The van der Waals surface area contributed by atoms with Gasteiger partial charge in [-0.3, -0.25) is 9.89 Å². The second-order valence-corrected chi connectivity index (χ2v) is 5.35. The normalized spacial score (nSPS) is 9.61. The smallest absolute Gasteiger partial charge is 0.251 e. The molecule has 0 aliphatic heterocycles. The number of carbonyl (C=O) groups is 1. The molecule has 9 heteroatoms. The average molecular weight is 378 g/mol. The summed E-state index contributed by atoms with van der Waals surface area (Å²) in [5.74, 6) is 0.750. The largest absolute Gasteiger partial charge is 0.351 e. The van der Waals surface area contributed by atoms with Crippen LogP contribution >= 0.6 is 36.6 Å². The van der Waals surface area contributed by atoms with Crippen LogP contribution in [0.25, 0.3) is 0 Å². The molecule has 0 atom stereocenters. The van der Waals surface area contributed by atoms with Crippen LogP contribution in [0.4, 0.5) is 0 Å². The molecule has 1 amide bonds. The van der Waals surface area contributed by atoms with Gasteiger partial charge in [0.05, 0.1) is 0 Å². The Bertz CT molecular complexity index is 551. The van der Waals surface area contributed by atoms with Gasteiger partial charge < -0.3 is 10.6 Å². The first kappa shape index (κ1) is 21.7. The molecule has 3 N–H and O–H groups in total. The van der Waals surface area contributed by atoms with E-state index in [-0.39, 0.29) is 30.7 Å². The number of carbonyl (C=O) groups excluding carboxylic acids is 1. The van der Waals surface area contributed by atoms with E-state index in [0.717, 1.165) is 29.6 Å². The molecule has 0 radical (unpaired) electrons. The second kappa shape index (κ2) is 12.2. The number of benzene rings is 1. The van der Waals surface area contributed by atoms with Gasteiger partial charge in [0.15, 0.2) is 5.16 Å². The van der Waals surface area contributed by atoms with Gasteiger partial charge in [-0.05, 0) is 24.2 Å². The average Bonchev–Trinajstić information content (AvgIpc) is 3.03. The first-order valence-corrected chi connectivity index (χ1v) is 7.84. The fourth-order valence-corrected chi connectivity index (χ4v) is 2.45. The number of hydrogen-bond donors (Lipinski definition) is 3. The van der Waals surface area contributed by atoms with E-state index in [4.69, 9.17) is 0 Å². The van der Waals surface area contributed by atoms with Crippen LogP contribution in [0, 0.1) is 0 Å². The molecule has 0 unspecified atom stereocenters. The highest BCUT2D eigenvalue weighted by Gasteiger charge is 2.05. The molecule has 0 saturated carbocycles. The van der Waals surface area contributed by atoms with Gasteiger partial charge in [-0.25, -0.2) is 4.98 Å². The van der Waals surface area contributed by atoms with E-state index in [1.54, 1.807) is 11.8 Å². The highest BCUT2D eigenvalue weighted by molar-refractivity contribution is 7.98. The number of halogens is 2. The molecule has 0 aliphatic carbocycles. The number of H-pyrrole nitrogens is 1. The summed E-state index contributed by atoms with van der Waals surface area (Å²) in [4.78, 5) is 15.9. The number of hydrogen-bond acceptors (Lipinski definition) is 5. The number of nitrogens with one attached hydrogen (secondary N) is 3. The van der Waals surface area contributed by atoms with E-state index in [1.165, 1.54) is 6.33 Å². The lowest BCUT2D eigenvalue weighted by atomic mass is 10.1. The van der Waals surface area contributed by atoms with Crippen LogP contribution in [0.3, 0.4) is 0 Å². The molecule has 1 aromatic carbocycles. The molecule has 2 rings (SSSR count). The maximum atomic E-state index is 11.9. The number of aromatic amines is 1. The number of amides is 1. The van der Waals surface area contributed by atoms with Crippen molar-refractivity contribution in [2.24, 2.45) is 0 Å². The topological polar surface area (TPSA) is 82.7 Å².